The Hall–Kier alpha value is -2.34. The number of hydrogen-bond acceptors (Lipinski definition) is 5. The predicted octanol–water partition coefficient (Wildman–Crippen LogP) is 1.60. The van der Waals surface area contributed by atoms with Crippen LogP contribution >= 0.6 is 0 Å². The van der Waals surface area contributed by atoms with Crippen molar-refractivity contribution in [2.24, 2.45) is 0 Å². The molecule has 0 spiro atoms. The van der Waals surface area contributed by atoms with Gasteiger partial charge < -0.3 is 19.2 Å². The van der Waals surface area contributed by atoms with Crippen molar-refractivity contribution in [3.8, 4) is 22.8 Å². The van der Waals surface area contributed by atoms with Gasteiger partial charge in [0.2, 0.25) is 0 Å². The van der Waals surface area contributed by atoms with Gasteiger partial charge in [-0.1, -0.05) is 0 Å². The molecule has 6 nitrogen and oxygen atoms in total. The number of ether oxygens (including phenoxy) is 3. The Morgan fingerprint density at radius 3 is 2.25 bits per heavy atom. The molecule has 0 unspecified atom stereocenters. The van der Waals surface area contributed by atoms with Gasteiger partial charge in [-0.3, -0.25) is 4.79 Å². The summed E-state index contributed by atoms with van der Waals surface area (Å²) in [5.74, 6) is 1.74. The Morgan fingerprint density at radius 1 is 1.05 bits per heavy atom. The first-order valence-electron chi connectivity index (χ1n) is 5.99. The number of rotatable bonds is 5. The molecule has 2 rings (SSSR count). The highest BCUT2D eigenvalue weighted by molar-refractivity contribution is 5.63. The molecule has 0 saturated carbocycles. The quantitative estimate of drug-likeness (QED) is 0.898. The van der Waals surface area contributed by atoms with E-state index in [0.29, 0.717) is 23.0 Å². The Bertz CT molecular complexity index is 630. The standard InChI is InChI=1S/C14H16N2O4/c1-18-8-13-15-12(7-14(17)16-13)9-4-10(19-2)6-11(5-9)20-3/h4-7H,8H2,1-3H3,(H,15,16,17). The molecule has 2 aromatic rings. The van der Waals surface area contributed by atoms with Gasteiger partial charge in [-0.2, -0.15) is 0 Å². The van der Waals surface area contributed by atoms with Crippen molar-refractivity contribution in [1.29, 1.82) is 0 Å². The van der Waals surface area contributed by atoms with Crippen LogP contribution in [0.1, 0.15) is 5.82 Å². The third-order valence-corrected chi connectivity index (χ3v) is 2.72. The fourth-order valence-electron chi connectivity index (χ4n) is 1.82. The number of H-pyrrole nitrogens is 1. The van der Waals surface area contributed by atoms with Crippen molar-refractivity contribution in [2.45, 2.75) is 6.61 Å². The SMILES string of the molecule is COCc1nc(-c2cc(OC)cc(OC)c2)cc(=O)[nH]1. The molecule has 6 heteroatoms. The lowest BCUT2D eigenvalue weighted by Gasteiger charge is -2.09. The molecule has 0 aliphatic rings. The zero-order valence-corrected chi connectivity index (χ0v) is 11.6. The summed E-state index contributed by atoms with van der Waals surface area (Å²) in [6.45, 7) is 0.240. The largest absolute Gasteiger partial charge is 0.497 e. The van der Waals surface area contributed by atoms with Crippen LogP contribution in [0, 0.1) is 0 Å². The third-order valence-electron chi connectivity index (χ3n) is 2.72. The molecule has 1 heterocycles. The molecule has 1 aromatic carbocycles. The molecule has 0 atom stereocenters. The average molecular weight is 276 g/mol. The number of benzene rings is 1. The van der Waals surface area contributed by atoms with Crippen molar-refractivity contribution in [2.75, 3.05) is 21.3 Å². The van der Waals surface area contributed by atoms with E-state index < -0.39 is 0 Å². The molecule has 106 valence electrons. The number of aromatic nitrogens is 2. The lowest BCUT2D eigenvalue weighted by Crippen LogP contribution is -2.11. The second kappa shape index (κ2) is 6.21. The van der Waals surface area contributed by atoms with E-state index in [9.17, 15) is 4.79 Å². The van der Waals surface area contributed by atoms with Crippen LogP contribution < -0.4 is 15.0 Å². The minimum Gasteiger partial charge on any atom is -0.497 e. The highest BCUT2D eigenvalue weighted by Gasteiger charge is 2.08. The van der Waals surface area contributed by atoms with Crippen LogP contribution in [0.2, 0.25) is 0 Å². The maximum atomic E-state index is 11.7. The minimum atomic E-state index is -0.233. The van der Waals surface area contributed by atoms with Gasteiger partial charge in [0.25, 0.3) is 5.56 Å². The van der Waals surface area contributed by atoms with Crippen LogP contribution in [0.3, 0.4) is 0 Å². The molecule has 1 N–H and O–H groups in total. The first-order valence-corrected chi connectivity index (χ1v) is 5.99. The molecule has 0 bridgehead atoms. The zero-order valence-electron chi connectivity index (χ0n) is 11.6. The van der Waals surface area contributed by atoms with Gasteiger partial charge in [0.05, 0.1) is 19.9 Å². The van der Waals surface area contributed by atoms with E-state index in [4.69, 9.17) is 14.2 Å². The topological polar surface area (TPSA) is 73.4 Å². The van der Waals surface area contributed by atoms with E-state index in [1.165, 1.54) is 6.07 Å². The maximum Gasteiger partial charge on any atom is 0.251 e. The lowest BCUT2D eigenvalue weighted by atomic mass is 10.1. The Balaban J connectivity index is 2.52. The van der Waals surface area contributed by atoms with Crippen LogP contribution in [0.25, 0.3) is 11.3 Å². The molecule has 0 fully saturated rings. The summed E-state index contributed by atoms with van der Waals surface area (Å²) < 4.78 is 15.4. The molecule has 20 heavy (non-hydrogen) atoms. The van der Waals surface area contributed by atoms with Crippen LogP contribution in [-0.2, 0) is 11.3 Å². The van der Waals surface area contributed by atoms with Crippen molar-refractivity contribution >= 4 is 0 Å². The summed E-state index contributed by atoms with van der Waals surface area (Å²) in [6, 6.07) is 6.77. The average Bonchev–Trinajstić information content (AvgIpc) is 2.46. The normalized spacial score (nSPS) is 10.3. The number of hydrogen-bond donors (Lipinski definition) is 1. The molecule has 0 saturated heterocycles. The van der Waals surface area contributed by atoms with Crippen molar-refractivity contribution in [3.05, 3.63) is 40.4 Å². The molecular weight excluding hydrogens is 260 g/mol. The summed E-state index contributed by atoms with van der Waals surface area (Å²) in [5.41, 5.74) is 1.05. The van der Waals surface area contributed by atoms with Crippen molar-refractivity contribution in [1.82, 2.24) is 9.97 Å². The molecule has 0 aliphatic heterocycles. The number of methoxy groups -OCH3 is 3. The van der Waals surface area contributed by atoms with Crippen LogP contribution in [0.4, 0.5) is 0 Å². The van der Waals surface area contributed by atoms with Gasteiger partial charge in [-0.05, 0) is 12.1 Å². The van der Waals surface area contributed by atoms with Gasteiger partial charge in [0, 0.05) is 24.8 Å². The van der Waals surface area contributed by atoms with Gasteiger partial charge in [-0.15, -0.1) is 0 Å². The number of nitrogens with zero attached hydrogens (tertiary/aromatic N) is 1. The summed E-state index contributed by atoms with van der Waals surface area (Å²) in [5, 5.41) is 0. The van der Waals surface area contributed by atoms with Gasteiger partial charge in [0.15, 0.2) is 0 Å². The number of nitrogens with one attached hydrogen (secondary N) is 1. The van der Waals surface area contributed by atoms with Crippen LogP contribution in [0.15, 0.2) is 29.1 Å². The van der Waals surface area contributed by atoms with Gasteiger partial charge in [0.1, 0.15) is 23.9 Å². The fourth-order valence-corrected chi connectivity index (χ4v) is 1.82. The summed E-state index contributed by atoms with van der Waals surface area (Å²) in [7, 11) is 4.68. The van der Waals surface area contributed by atoms with Gasteiger partial charge in [-0.25, -0.2) is 4.98 Å². The lowest BCUT2D eigenvalue weighted by molar-refractivity contribution is 0.177. The number of aromatic amines is 1. The van der Waals surface area contributed by atoms with Crippen molar-refractivity contribution in [3.63, 3.8) is 0 Å². The molecule has 0 radical (unpaired) electrons. The van der Waals surface area contributed by atoms with E-state index >= 15 is 0 Å². The van der Waals surface area contributed by atoms with E-state index in [0.717, 1.165) is 5.56 Å². The summed E-state index contributed by atoms with van der Waals surface area (Å²) in [6.07, 6.45) is 0. The van der Waals surface area contributed by atoms with Crippen LogP contribution in [-0.4, -0.2) is 31.3 Å². The van der Waals surface area contributed by atoms with E-state index in [1.807, 2.05) is 0 Å². The highest BCUT2D eigenvalue weighted by atomic mass is 16.5. The van der Waals surface area contributed by atoms with Crippen LogP contribution in [0.5, 0.6) is 11.5 Å². The molecule has 1 aromatic heterocycles. The van der Waals surface area contributed by atoms with E-state index in [2.05, 4.69) is 9.97 Å². The zero-order chi connectivity index (χ0) is 14.5. The van der Waals surface area contributed by atoms with E-state index in [-0.39, 0.29) is 12.2 Å². The summed E-state index contributed by atoms with van der Waals surface area (Å²) in [4.78, 5) is 18.6. The monoisotopic (exact) mass is 276 g/mol. The molecule has 0 aliphatic carbocycles. The predicted molar refractivity (Wildman–Crippen MR) is 74.1 cm³/mol. The second-order valence-corrected chi connectivity index (χ2v) is 4.11. The Morgan fingerprint density at radius 2 is 1.70 bits per heavy atom. The van der Waals surface area contributed by atoms with Crippen molar-refractivity contribution < 1.29 is 14.2 Å². The summed E-state index contributed by atoms with van der Waals surface area (Å²) >= 11 is 0. The Kier molecular flexibility index (Phi) is 4.37. The smallest absolute Gasteiger partial charge is 0.251 e. The third kappa shape index (κ3) is 3.16. The minimum absolute atomic E-state index is 0.233. The first kappa shape index (κ1) is 14.1. The fraction of sp³-hybridized carbons (Fsp3) is 0.286. The maximum absolute atomic E-state index is 11.7. The Labute approximate surface area is 116 Å². The molecular formula is C14H16N2O4. The first-order chi connectivity index (χ1) is 9.66. The second-order valence-electron chi connectivity index (χ2n) is 4.11. The molecule has 0 amide bonds. The van der Waals surface area contributed by atoms with E-state index in [1.54, 1.807) is 39.5 Å². The van der Waals surface area contributed by atoms with Gasteiger partial charge >= 0.3 is 0 Å². The highest BCUT2D eigenvalue weighted by Crippen LogP contribution is 2.28.